The van der Waals surface area contributed by atoms with Crippen LogP contribution in [0.3, 0.4) is 0 Å². The number of hydrogen-bond acceptors (Lipinski definition) is 8. The third kappa shape index (κ3) is 11.6. The minimum Gasteiger partial charge on any atom is -0.480 e. The van der Waals surface area contributed by atoms with E-state index in [0.717, 1.165) is 0 Å². The van der Waals surface area contributed by atoms with Crippen molar-refractivity contribution in [2.45, 2.75) is 76.5 Å². The third-order valence-electron chi connectivity index (χ3n) is 5.15. The van der Waals surface area contributed by atoms with E-state index in [4.69, 9.17) is 22.9 Å². The molecule has 5 atom stereocenters. The second-order valence-electron chi connectivity index (χ2n) is 8.06. The summed E-state index contributed by atoms with van der Waals surface area (Å²) in [6.45, 7) is 3.77. The Morgan fingerprint density at radius 1 is 0.824 bits per heavy atom. The number of hydrogen-bond donors (Lipinski definition) is 8. The van der Waals surface area contributed by atoms with Gasteiger partial charge in [-0.3, -0.25) is 24.0 Å². The molecule has 0 bridgehead atoms. The molecule has 0 heterocycles. The number of carbonyl (C=O) groups is 6. The third-order valence-corrected chi connectivity index (χ3v) is 5.15. The minimum absolute atomic E-state index is 0.125. The van der Waals surface area contributed by atoms with E-state index in [1.807, 2.05) is 0 Å². The van der Waals surface area contributed by atoms with Crippen LogP contribution >= 0.6 is 0 Å². The highest BCUT2D eigenvalue weighted by atomic mass is 16.4. The van der Waals surface area contributed by atoms with Crippen LogP contribution in [0.15, 0.2) is 0 Å². The van der Waals surface area contributed by atoms with Gasteiger partial charge in [-0.25, -0.2) is 4.79 Å². The molecule has 34 heavy (non-hydrogen) atoms. The molecule has 0 aromatic carbocycles. The first-order valence-electron chi connectivity index (χ1n) is 11.0. The molecule has 14 heteroatoms. The number of nitrogens with two attached hydrogens (primary N) is 4. The van der Waals surface area contributed by atoms with E-state index in [1.54, 1.807) is 13.8 Å². The molecule has 194 valence electrons. The number of carbonyl (C=O) groups excluding carboxylic acids is 5. The maximum Gasteiger partial charge on any atom is 0.326 e. The van der Waals surface area contributed by atoms with Gasteiger partial charge in [-0.1, -0.05) is 20.3 Å². The van der Waals surface area contributed by atoms with Crippen LogP contribution in [0.25, 0.3) is 0 Å². The van der Waals surface area contributed by atoms with E-state index in [-0.39, 0.29) is 12.3 Å². The van der Waals surface area contributed by atoms with Crippen molar-refractivity contribution in [2.75, 3.05) is 6.54 Å². The summed E-state index contributed by atoms with van der Waals surface area (Å²) in [7, 11) is 0. The first kappa shape index (κ1) is 30.7. The van der Waals surface area contributed by atoms with Crippen molar-refractivity contribution >= 4 is 35.5 Å². The highest BCUT2D eigenvalue weighted by Crippen LogP contribution is 2.10. The molecule has 0 rings (SSSR count). The van der Waals surface area contributed by atoms with Crippen molar-refractivity contribution in [3.05, 3.63) is 0 Å². The molecule has 0 spiro atoms. The second kappa shape index (κ2) is 15.6. The summed E-state index contributed by atoms with van der Waals surface area (Å²) in [5.41, 5.74) is 21.2. The van der Waals surface area contributed by atoms with Crippen molar-refractivity contribution in [2.24, 2.45) is 28.9 Å². The number of carboxylic acid groups (broad SMARTS) is 1. The topological polar surface area (TPSA) is 263 Å². The molecule has 0 saturated carbocycles. The minimum atomic E-state index is -1.49. The van der Waals surface area contributed by atoms with Crippen molar-refractivity contribution in [1.29, 1.82) is 0 Å². The summed E-state index contributed by atoms with van der Waals surface area (Å²) < 4.78 is 0. The van der Waals surface area contributed by atoms with Crippen LogP contribution in [0.4, 0.5) is 0 Å². The average Bonchev–Trinajstić information content (AvgIpc) is 2.74. The monoisotopic (exact) mass is 487 g/mol. The van der Waals surface area contributed by atoms with E-state index < -0.39 is 72.5 Å². The maximum absolute atomic E-state index is 12.8. The fourth-order valence-electron chi connectivity index (χ4n) is 2.97. The van der Waals surface area contributed by atoms with Gasteiger partial charge in [0, 0.05) is 0 Å². The molecule has 0 aliphatic heterocycles. The van der Waals surface area contributed by atoms with Gasteiger partial charge in [0.1, 0.15) is 18.1 Å². The number of primary amides is 2. The van der Waals surface area contributed by atoms with E-state index >= 15 is 0 Å². The van der Waals surface area contributed by atoms with Gasteiger partial charge in [0.2, 0.25) is 29.5 Å². The highest BCUT2D eigenvalue weighted by Gasteiger charge is 2.32. The van der Waals surface area contributed by atoms with Gasteiger partial charge < -0.3 is 44.0 Å². The summed E-state index contributed by atoms with van der Waals surface area (Å²) in [5, 5.41) is 16.5. The number of nitrogens with one attached hydrogen (secondary N) is 3. The molecule has 5 unspecified atom stereocenters. The lowest BCUT2D eigenvalue weighted by Gasteiger charge is -2.26. The number of aliphatic carboxylic acids is 1. The Labute approximate surface area is 197 Å². The second-order valence-corrected chi connectivity index (χ2v) is 8.06. The molecule has 0 radical (unpaired) electrons. The predicted octanol–water partition coefficient (Wildman–Crippen LogP) is -3.22. The van der Waals surface area contributed by atoms with Gasteiger partial charge in [0.05, 0.1) is 18.9 Å². The molecule has 0 aromatic heterocycles. The van der Waals surface area contributed by atoms with Gasteiger partial charge in [-0.05, 0) is 31.7 Å². The Balaban J connectivity index is 5.59. The zero-order valence-corrected chi connectivity index (χ0v) is 19.5. The standard InChI is InChI=1S/C20H37N7O7/c1-3-10(2)16(20(33)34)27-18(31)12(6-4-5-7-21)25-19(32)13(9-15(24)29)26-17(30)11(22)8-14(23)28/h10-13,16H,3-9,21-22H2,1-2H3,(H2,23,28)(H2,24,29)(H,25,32)(H,26,30)(H,27,31)(H,33,34). The SMILES string of the molecule is CCC(C)C(NC(=O)C(CCCCN)NC(=O)C(CC(N)=O)NC(=O)C(N)CC(N)=O)C(=O)O. The zero-order valence-electron chi connectivity index (χ0n) is 19.5. The van der Waals surface area contributed by atoms with E-state index in [9.17, 15) is 33.9 Å². The molecule has 0 saturated heterocycles. The lowest BCUT2D eigenvalue weighted by atomic mass is 9.98. The molecular formula is C20H37N7O7. The summed E-state index contributed by atoms with van der Waals surface area (Å²) in [5.74, 6) is -5.95. The van der Waals surface area contributed by atoms with E-state index in [0.29, 0.717) is 25.8 Å². The number of amides is 5. The van der Waals surface area contributed by atoms with Crippen molar-refractivity contribution in [3.8, 4) is 0 Å². The molecule has 0 aliphatic carbocycles. The normalized spacial score (nSPS) is 15.2. The molecule has 5 amide bonds. The summed E-state index contributed by atoms with van der Waals surface area (Å²) in [4.78, 5) is 71.8. The van der Waals surface area contributed by atoms with Gasteiger partial charge >= 0.3 is 5.97 Å². The highest BCUT2D eigenvalue weighted by molar-refractivity contribution is 5.96. The smallest absolute Gasteiger partial charge is 0.326 e. The van der Waals surface area contributed by atoms with Crippen LogP contribution < -0.4 is 38.9 Å². The van der Waals surface area contributed by atoms with Crippen LogP contribution in [0.1, 0.15) is 52.4 Å². The van der Waals surface area contributed by atoms with Crippen LogP contribution in [-0.4, -0.2) is 71.3 Å². The van der Waals surface area contributed by atoms with Gasteiger partial charge in [0.25, 0.3) is 0 Å². The molecule has 0 aromatic rings. The Kier molecular flexibility index (Phi) is 14.1. The Bertz CT molecular complexity index is 747. The average molecular weight is 488 g/mol. The van der Waals surface area contributed by atoms with Crippen molar-refractivity contribution in [1.82, 2.24) is 16.0 Å². The lowest BCUT2D eigenvalue weighted by molar-refractivity contribution is -0.144. The van der Waals surface area contributed by atoms with Gasteiger partial charge in [-0.2, -0.15) is 0 Å². The zero-order chi connectivity index (χ0) is 26.4. The van der Waals surface area contributed by atoms with Crippen LogP contribution in [0.2, 0.25) is 0 Å². The summed E-state index contributed by atoms with van der Waals surface area (Å²) in [6, 6.07) is -5.20. The van der Waals surface area contributed by atoms with E-state index in [1.165, 1.54) is 0 Å². The summed E-state index contributed by atoms with van der Waals surface area (Å²) >= 11 is 0. The Morgan fingerprint density at radius 3 is 1.82 bits per heavy atom. The Hall–Kier alpha value is -3.26. The quantitative estimate of drug-likeness (QED) is 0.0957. The van der Waals surface area contributed by atoms with Crippen LogP contribution in [-0.2, 0) is 28.8 Å². The van der Waals surface area contributed by atoms with E-state index in [2.05, 4.69) is 16.0 Å². The van der Waals surface area contributed by atoms with Crippen LogP contribution in [0, 0.1) is 5.92 Å². The molecule has 12 N–H and O–H groups in total. The fourth-order valence-corrected chi connectivity index (χ4v) is 2.97. The molecule has 0 aliphatic rings. The number of rotatable bonds is 17. The maximum atomic E-state index is 12.8. The number of carboxylic acids is 1. The van der Waals surface area contributed by atoms with Crippen molar-refractivity contribution in [3.63, 3.8) is 0 Å². The van der Waals surface area contributed by atoms with Gasteiger partial charge in [-0.15, -0.1) is 0 Å². The first-order valence-corrected chi connectivity index (χ1v) is 11.0. The lowest BCUT2D eigenvalue weighted by Crippen LogP contribution is -2.58. The molecule has 14 nitrogen and oxygen atoms in total. The molecule has 0 fully saturated rings. The number of unbranched alkanes of at least 4 members (excludes halogenated alkanes) is 1. The largest absolute Gasteiger partial charge is 0.480 e. The Morgan fingerprint density at radius 2 is 1.35 bits per heavy atom. The fraction of sp³-hybridized carbons (Fsp3) is 0.700. The van der Waals surface area contributed by atoms with Crippen molar-refractivity contribution < 1.29 is 33.9 Å². The summed E-state index contributed by atoms with van der Waals surface area (Å²) in [6.07, 6.45) is 0.485. The van der Waals surface area contributed by atoms with Crippen LogP contribution in [0.5, 0.6) is 0 Å². The first-order chi connectivity index (χ1) is 15.8. The van der Waals surface area contributed by atoms with Gasteiger partial charge in [0.15, 0.2) is 0 Å². The predicted molar refractivity (Wildman–Crippen MR) is 121 cm³/mol. The molecular weight excluding hydrogens is 450 g/mol.